The van der Waals surface area contributed by atoms with E-state index in [-0.39, 0.29) is 6.04 Å². The molecule has 0 aliphatic carbocycles. The molecule has 6 rings (SSSR count). The number of aromatic nitrogens is 5. The molecule has 4 N–H and O–H groups in total. The molecule has 0 unspecified atom stereocenters. The van der Waals surface area contributed by atoms with Crippen molar-refractivity contribution in [1.29, 1.82) is 0 Å². The fourth-order valence-electron chi connectivity index (χ4n) is 4.59. The molecule has 6 aromatic rings. The third-order valence-corrected chi connectivity index (χ3v) is 6.45. The van der Waals surface area contributed by atoms with Gasteiger partial charge in [-0.3, -0.25) is 10.1 Å². The number of H-pyrrole nitrogens is 2. The molecule has 178 valence electrons. The molecular formula is C29H26N6O. The highest BCUT2D eigenvalue weighted by Crippen LogP contribution is 2.34. The van der Waals surface area contributed by atoms with Crippen LogP contribution in [0.3, 0.4) is 0 Å². The maximum absolute atomic E-state index is 6.46. The molecule has 4 aromatic heterocycles. The summed E-state index contributed by atoms with van der Waals surface area (Å²) >= 11 is 0. The van der Waals surface area contributed by atoms with Crippen LogP contribution in [-0.2, 0) is 6.42 Å². The van der Waals surface area contributed by atoms with Crippen molar-refractivity contribution in [2.24, 2.45) is 5.73 Å². The quantitative estimate of drug-likeness (QED) is 0.286. The molecule has 0 bridgehead atoms. The van der Waals surface area contributed by atoms with Crippen LogP contribution in [0.25, 0.3) is 44.3 Å². The number of fused-ring (bicyclic) bond motifs is 2. The van der Waals surface area contributed by atoms with Crippen molar-refractivity contribution in [3.8, 4) is 28.1 Å². The summed E-state index contributed by atoms with van der Waals surface area (Å²) in [5.41, 5.74) is 14.2. The number of nitrogens with zero attached hydrogens (tertiary/aromatic N) is 3. The van der Waals surface area contributed by atoms with Crippen molar-refractivity contribution in [3.63, 3.8) is 0 Å². The first-order valence-corrected chi connectivity index (χ1v) is 12.0. The Balaban J connectivity index is 1.28. The monoisotopic (exact) mass is 474 g/mol. The van der Waals surface area contributed by atoms with E-state index in [0.29, 0.717) is 18.8 Å². The van der Waals surface area contributed by atoms with Crippen LogP contribution < -0.4 is 10.5 Å². The number of nitrogens with two attached hydrogens (primary N) is 1. The molecule has 0 fully saturated rings. The number of hydrogen-bond donors (Lipinski definition) is 3. The van der Waals surface area contributed by atoms with Crippen LogP contribution in [0, 0.1) is 6.92 Å². The number of hydrogen-bond acceptors (Lipinski definition) is 5. The average Bonchev–Trinajstić information content (AvgIpc) is 3.51. The summed E-state index contributed by atoms with van der Waals surface area (Å²) in [5, 5.41) is 9.43. The van der Waals surface area contributed by atoms with Gasteiger partial charge in [0.15, 0.2) is 5.65 Å². The normalized spacial score (nSPS) is 12.3. The highest BCUT2D eigenvalue weighted by Gasteiger charge is 2.15. The fourth-order valence-corrected chi connectivity index (χ4v) is 4.59. The lowest BCUT2D eigenvalue weighted by atomic mass is 9.99. The lowest BCUT2D eigenvalue weighted by Gasteiger charge is -2.15. The van der Waals surface area contributed by atoms with Crippen LogP contribution in [0.15, 0.2) is 85.3 Å². The van der Waals surface area contributed by atoms with E-state index in [4.69, 9.17) is 15.5 Å². The summed E-state index contributed by atoms with van der Waals surface area (Å²) in [6, 6.07) is 22.3. The number of para-hydroxylation sites is 1. The van der Waals surface area contributed by atoms with E-state index in [9.17, 15) is 0 Å². The van der Waals surface area contributed by atoms with Crippen LogP contribution >= 0.6 is 0 Å². The number of benzene rings is 2. The Morgan fingerprint density at radius 2 is 1.75 bits per heavy atom. The predicted molar refractivity (Wildman–Crippen MR) is 143 cm³/mol. The summed E-state index contributed by atoms with van der Waals surface area (Å²) < 4.78 is 6.14. The summed E-state index contributed by atoms with van der Waals surface area (Å²) in [6.07, 6.45) is 6.35. The Kier molecular flexibility index (Phi) is 5.67. The molecule has 2 aromatic carbocycles. The second kappa shape index (κ2) is 9.28. The van der Waals surface area contributed by atoms with Crippen molar-refractivity contribution in [2.45, 2.75) is 19.4 Å². The van der Waals surface area contributed by atoms with Gasteiger partial charge in [-0.2, -0.15) is 5.10 Å². The van der Waals surface area contributed by atoms with E-state index >= 15 is 0 Å². The van der Waals surface area contributed by atoms with Gasteiger partial charge < -0.3 is 15.5 Å². The number of aryl methyl sites for hydroxylation is 1. The molecule has 0 saturated heterocycles. The van der Waals surface area contributed by atoms with Crippen LogP contribution in [0.5, 0.6) is 5.75 Å². The maximum Gasteiger partial charge on any atom is 0.155 e. The Labute approximate surface area is 208 Å². The topological polar surface area (TPSA) is 105 Å². The predicted octanol–water partition coefficient (Wildman–Crippen LogP) is 5.43. The van der Waals surface area contributed by atoms with Crippen LogP contribution in [-0.4, -0.2) is 37.8 Å². The van der Waals surface area contributed by atoms with E-state index in [0.717, 1.165) is 44.6 Å². The molecule has 0 aliphatic rings. The Bertz CT molecular complexity index is 1650. The summed E-state index contributed by atoms with van der Waals surface area (Å²) in [7, 11) is 0. The number of aromatic amines is 2. The number of ether oxygens (including phenoxy) is 1. The van der Waals surface area contributed by atoms with Gasteiger partial charge in [-0.1, -0.05) is 48.5 Å². The van der Waals surface area contributed by atoms with E-state index in [1.165, 1.54) is 10.9 Å². The van der Waals surface area contributed by atoms with Gasteiger partial charge in [0.2, 0.25) is 0 Å². The molecular weight excluding hydrogens is 448 g/mol. The van der Waals surface area contributed by atoms with E-state index < -0.39 is 0 Å². The molecule has 7 heteroatoms. The van der Waals surface area contributed by atoms with Crippen molar-refractivity contribution < 1.29 is 4.74 Å². The standard InChI is InChI=1S/C29H26N6O/c1-18-25-12-21(15-33-29(25)35-34-18)26-13-23(16-32-28(26)19-7-3-2-4-8-19)36-17-22(30)11-20-14-31-27-10-6-5-9-24(20)27/h2-10,12-16,22,31H,11,17,30H2,1H3,(H,33,34,35)/t22-/m0/s1. The van der Waals surface area contributed by atoms with Crippen molar-refractivity contribution >= 4 is 21.9 Å². The molecule has 0 saturated carbocycles. The minimum absolute atomic E-state index is 0.159. The Morgan fingerprint density at radius 3 is 2.64 bits per heavy atom. The van der Waals surface area contributed by atoms with Crippen molar-refractivity contribution in [3.05, 3.63) is 96.6 Å². The summed E-state index contributed by atoms with van der Waals surface area (Å²) in [5.74, 6) is 0.670. The molecule has 4 heterocycles. The summed E-state index contributed by atoms with van der Waals surface area (Å²) in [6.45, 7) is 2.35. The van der Waals surface area contributed by atoms with Gasteiger partial charge in [0.05, 0.1) is 17.6 Å². The third-order valence-electron chi connectivity index (χ3n) is 6.45. The second-order valence-electron chi connectivity index (χ2n) is 9.00. The lowest BCUT2D eigenvalue weighted by molar-refractivity contribution is 0.287. The number of rotatable bonds is 7. The van der Waals surface area contributed by atoms with Gasteiger partial charge in [-0.15, -0.1) is 0 Å². The SMILES string of the molecule is Cc1n[nH]c2ncc(-c3cc(OC[C@@H](N)Cc4c[nH]c5ccccc45)cnc3-c3ccccc3)cc12. The Hall–Kier alpha value is -4.49. The lowest BCUT2D eigenvalue weighted by Crippen LogP contribution is -2.30. The van der Waals surface area contributed by atoms with Gasteiger partial charge in [-0.05, 0) is 37.1 Å². The van der Waals surface area contributed by atoms with Gasteiger partial charge in [-0.25, -0.2) is 4.98 Å². The first-order valence-electron chi connectivity index (χ1n) is 12.0. The van der Waals surface area contributed by atoms with Gasteiger partial charge in [0, 0.05) is 51.4 Å². The van der Waals surface area contributed by atoms with Gasteiger partial charge in [0.1, 0.15) is 12.4 Å². The maximum atomic E-state index is 6.46. The van der Waals surface area contributed by atoms with Crippen molar-refractivity contribution in [1.82, 2.24) is 25.1 Å². The zero-order valence-electron chi connectivity index (χ0n) is 19.9. The minimum atomic E-state index is -0.159. The Morgan fingerprint density at radius 1 is 0.917 bits per heavy atom. The third kappa shape index (κ3) is 4.21. The second-order valence-corrected chi connectivity index (χ2v) is 9.00. The van der Waals surface area contributed by atoms with Gasteiger partial charge in [0.25, 0.3) is 0 Å². The highest BCUT2D eigenvalue weighted by molar-refractivity contribution is 5.88. The molecule has 0 amide bonds. The van der Waals surface area contributed by atoms with Gasteiger partial charge >= 0.3 is 0 Å². The molecule has 1 atom stereocenters. The number of pyridine rings is 2. The summed E-state index contributed by atoms with van der Waals surface area (Å²) in [4.78, 5) is 12.7. The van der Waals surface area contributed by atoms with Crippen molar-refractivity contribution in [2.75, 3.05) is 6.61 Å². The van der Waals surface area contributed by atoms with Crippen LogP contribution in [0.2, 0.25) is 0 Å². The molecule has 7 nitrogen and oxygen atoms in total. The van der Waals surface area contributed by atoms with Crippen LogP contribution in [0.4, 0.5) is 0 Å². The van der Waals surface area contributed by atoms with Crippen LogP contribution in [0.1, 0.15) is 11.3 Å². The zero-order valence-corrected chi connectivity index (χ0v) is 19.9. The minimum Gasteiger partial charge on any atom is -0.490 e. The van der Waals surface area contributed by atoms with E-state index in [1.807, 2.05) is 55.7 Å². The largest absolute Gasteiger partial charge is 0.490 e. The smallest absolute Gasteiger partial charge is 0.155 e. The molecule has 36 heavy (non-hydrogen) atoms. The average molecular weight is 475 g/mol. The molecule has 0 spiro atoms. The zero-order chi connectivity index (χ0) is 24.5. The molecule has 0 radical (unpaired) electrons. The fraction of sp³-hybridized carbons (Fsp3) is 0.138. The molecule has 0 aliphatic heterocycles. The van der Waals surface area contributed by atoms with E-state index in [2.05, 4.69) is 50.5 Å². The van der Waals surface area contributed by atoms with E-state index in [1.54, 1.807) is 6.20 Å². The highest BCUT2D eigenvalue weighted by atomic mass is 16.5. The number of nitrogens with one attached hydrogen (secondary N) is 2. The first-order chi connectivity index (χ1) is 17.7. The first kappa shape index (κ1) is 22.0.